The van der Waals surface area contributed by atoms with Crippen molar-refractivity contribution in [2.24, 2.45) is 5.10 Å². The summed E-state index contributed by atoms with van der Waals surface area (Å²) in [5.41, 5.74) is 0.582. The molecule has 1 unspecified atom stereocenters. The van der Waals surface area contributed by atoms with Crippen LogP contribution in [0.1, 0.15) is 18.5 Å². The number of hydrogen-bond donors (Lipinski definition) is 2. The Kier molecular flexibility index (Phi) is 4.15. The molecular formula is C20H16N4O4. The Morgan fingerprint density at radius 3 is 2.54 bits per heavy atom. The second-order valence-electron chi connectivity index (χ2n) is 6.36. The Morgan fingerprint density at radius 2 is 1.79 bits per heavy atom. The number of H-pyrrole nitrogens is 1. The topological polar surface area (TPSA) is 109 Å². The van der Waals surface area contributed by atoms with Crippen molar-refractivity contribution in [3.8, 4) is 0 Å². The van der Waals surface area contributed by atoms with Crippen LogP contribution in [0.3, 0.4) is 0 Å². The monoisotopic (exact) mass is 376 g/mol. The van der Waals surface area contributed by atoms with Gasteiger partial charge in [0.25, 0.3) is 5.56 Å². The minimum Gasteiger partial charge on any atom is -0.480 e. The molecule has 1 atom stereocenters. The third-order valence-electron chi connectivity index (χ3n) is 4.64. The van der Waals surface area contributed by atoms with Crippen LogP contribution in [0.15, 0.2) is 69.4 Å². The van der Waals surface area contributed by atoms with Crippen molar-refractivity contribution in [2.45, 2.75) is 13.0 Å². The first-order valence-corrected chi connectivity index (χ1v) is 8.58. The zero-order valence-corrected chi connectivity index (χ0v) is 14.9. The first-order chi connectivity index (χ1) is 13.5. The highest BCUT2D eigenvalue weighted by atomic mass is 16.4. The highest BCUT2D eigenvalue weighted by molar-refractivity contribution is 6.00. The van der Waals surface area contributed by atoms with Crippen LogP contribution in [0, 0.1) is 0 Å². The molecule has 0 bridgehead atoms. The van der Waals surface area contributed by atoms with E-state index in [9.17, 15) is 19.5 Å². The summed E-state index contributed by atoms with van der Waals surface area (Å²) in [6.07, 6.45) is 3.03. The number of nitrogens with zero attached hydrogens (tertiary/aromatic N) is 3. The lowest BCUT2D eigenvalue weighted by atomic mass is 10.2. The van der Waals surface area contributed by atoms with Crippen molar-refractivity contribution >= 4 is 34.0 Å². The van der Waals surface area contributed by atoms with Crippen LogP contribution < -0.4 is 11.2 Å². The number of aromatic amines is 1. The van der Waals surface area contributed by atoms with Gasteiger partial charge in [-0.15, -0.1) is 4.68 Å². The molecule has 2 aromatic carbocycles. The number of carboxylic acid groups (broad SMARTS) is 1. The lowest BCUT2D eigenvalue weighted by Crippen LogP contribution is -2.32. The summed E-state index contributed by atoms with van der Waals surface area (Å²) >= 11 is 0. The van der Waals surface area contributed by atoms with Gasteiger partial charge in [-0.1, -0.05) is 30.3 Å². The molecule has 8 heteroatoms. The Bertz CT molecular complexity index is 1360. The predicted molar refractivity (Wildman–Crippen MR) is 106 cm³/mol. The molecule has 2 aromatic heterocycles. The molecule has 0 fully saturated rings. The van der Waals surface area contributed by atoms with Crippen LogP contribution >= 0.6 is 0 Å². The molecule has 4 aromatic rings. The van der Waals surface area contributed by atoms with Gasteiger partial charge in [-0.2, -0.15) is 5.10 Å². The minimum atomic E-state index is -0.966. The molecule has 0 radical (unpaired) electrons. The average Bonchev–Trinajstić information content (AvgIpc) is 3.06. The number of rotatable bonds is 4. The van der Waals surface area contributed by atoms with Gasteiger partial charge in [0, 0.05) is 22.7 Å². The van der Waals surface area contributed by atoms with Gasteiger partial charge in [0.2, 0.25) is 0 Å². The number of aromatic nitrogens is 3. The number of fused-ring (bicyclic) bond motifs is 2. The smallest absolute Gasteiger partial charge is 0.349 e. The normalized spacial score (nSPS) is 12.8. The largest absolute Gasteiger partial charge is 0.480 e. The SMILES string of the molecule is CC(C(=O)O)n1cc(C=Nn2c(=O)[nH]c3ccccc3c2=O)c2ccccc21. The zero-order chi connectivity index (χ0) is 19.8. The van der Waals surface area contributed by atoms with E-state index in [1.165, 1.54) is 6.21 Å². The van der Waals surface area contributed by atoms with E-state index in [-0.39, 0.29) is 0 Å². The van der Waals surface area contributed by atoms with Crippen LogP contribution in [0.25, 0.3) is 21.8 Å². The van der Waals surface area contributed by atoms with Crippen LogP contribution in [0.4, 0.5) is 0 Å². The number of para-hydroxylation sites is 2. The molecular weight excluding hydrogens is 360 g/mol. The van der Waals surface area contributed by atoms with E-state index >= 15 is 0 Å². The average molecular weight is 376 g/mol. The van der Waals surface area contributed by atoms with Gasteiger partial charge in [0.15, 0.2) is 0 Å². The summed E-state index contributed by atoms with van der Waals surface area (Å²) in [5, 5.41) is 14.5. The summed E-state index contributed by atoms with van der Waals surface area (Å²) in [6.45, 7) is 1.58. The minimum absolute atomic E-state index is 0.348. The predicted octanol–water partition coefficient (Wildman–Crippen LogP) is 2.17. The van der Waals surface area contributed by atoms with Crippen molar-refractivity contribution in [3.05, 3.63) is 81.1 Å². The fourth-order valence-corrected chi connectivity index (χ4v) is 3.15. The Balaban J connectivity index is 1.87. The van der Waals surface area contributed by atoms with E-state index in [1.54, 1.807) is 48.0 Å². The fourth-order valence-electron chi connectivity index (χ4n) is 3.15. The lowest BCUT2D eigenvalue weighted by molar-refractivity contribution is -0.140. The molecule has 0 aliphatic carbocycles. The first kappa shape index (κ1) is 17.5. The first-order valence-electron chi connectivity index (χ1n) is 8.58. The van der Waals surface area contributed by atoms with E-state index in [1.807, 2.05) is 18.2 Å². The van der Waals surface area contributed by atoms with Crippen molar-refractivity contribution in [3.63, 3.8) is 0 Å². The van der Waals surface area contributed by atoms with Crippen molar-refractivity contribution in [1.82, 2.24) is 14.2 Å². The highest BCUT2D eigenvalue weighted by Gasteiger charge is 2.17. The molecule has 28 heavy (non-hydrogen) atoms. The molecule has 0 saturated heterocycles. The maximum atomic E-state index is 12.6. The Labute approximate surface area is 158 Å². The number of carboxylic acids is 1. The second-order valence-corrected chi connectivity index (χ2v) is 6.36. The second kappa shape index (κ2) is 6.66. The number of carbonyl (C=O) groups is 1. The summed E-state index contributed by atoms with van der Waals surface area (Å²) in [7, 11) is 0. The van der Waals surface area contributed by atoms with Gasteiger partial charge in [0.1, 0.15) is 6.04 Å². The Morgan fingerprint density at radius 1 is 1.11 bits per heavy atom. The number of nitrogens with one attached hydrogen (secondary N) is 1. The van der Waals surface area contributed by atoms with Gasteiger partial charge in [-0.25, -0.2) is 9.59 Å². The lowest BCUT2D eigenvalue weighted by Gasteiger charge is -2.09. The zero-order valence-electron chi connectivity index (χ0n) is 14.9. The number of hydrogen-bond acceptors (Lipinski definition) is 4. The van der Waals surface area contributed by atoms with Crippen molar-refractivity contribution in [1.29, 1.82) is 0 Å². The van der Waals surface area contributed by atoms with E-state index in [0.717, 1.165) is 15.6 Å². The quantitative estimate of drug-likeness (QED) is 0.532. The third-order valence-corrected chi connectivity index (χ3v) is 4.64. The number of aliphatic carboxylic acids is 1. The van der Waals surface area contributed by atoms with Crippen LogP contribution in [0.2, 0.25) is 0 Å². The molecule has 2 N–H and O–H groups in total. The summed E-state index contributed by atoms with van der Waals surface area (Å²) < 4.78 is 2.38. The summed E-state index contributed by atoms with van der Waals surface area (Å²) in [6, 6.07) is 13.2. The maximum Gasteiger partial charge on any atom is 0.349 e. The van der Waals surface area contributed by atoms with E-state index in [4.69, 9.17) is 0 Å². The van der Waals surface area contributed by atoms with E-state index in [2.05, 4.69) is 10.1 Å². The van der Waals surface area contributed by atoms with Gasteiger partial charge in [0.05, 0.1) is 17.1 Å². The summed E-state index contributed by atoms with van der Waals surface area (Å²) in [4.78, 5) is 38.9. The standard InChI is InChI=1S/C20H16N4O4/c1-12(19(26)27)23-11-13(14-6-3-5-9-17(14)23)10-21-24-18(25)15-7-2-4-8-16(15)22-20(24)28/h2-12H,1H3,(H,22,28)(H,26,27). The van der Waals surface area contributed by atoms with Gasteiger partial charge in [-0.05, 0) is 25.1 Å². The molecule has 4 rings (SSSR count). The van der Waals surface area contributed by atoms with Crippen molar-refractivity contribution in [2.75, 3.05) is 0 Å². The molecule has 0 amide bonds. The van der Waals surface area contributed by atoms with E-state index < -0.39 is 23.3 Å². The van der Waals surface area contributed by atoms with Gasteiger partial charge in [-0.3, -0.25) is 4.79 Å². The number of benzene rings is 2. The highest BCUT2D eigenvalue weighted by Crippen LogP contribution is 2.23. The molecule has 0 saturated carbocycles. The van der Waals surface area contributed by atoms with Crippen LogP contribution in [-0.4, -0.2) is 31.5 Å². The van der Waals surface area contributed by atoms with E-state index in [0.29, 0.717) is 16.5 Å². The van der Waals surface area contributed by atoms with Crippen LogP contribution in [-0.2, 0) is 4.79 Å². The third kappa shape index (κ3) is 2.81. The molecule has 0 spiro atoms. The molecule has 8 nitrogen and oxygen atoms in total. The molecule has 0 aliphatic heterocycles. The Hall–Kier alpha value is -3.94. The van der Waals surface area contributed by atoms with Gasteiger partial charge < -0.3 is 14.7 Å². The summed E-state index contributed by atoms with van der Waals surface area (Å²) in [5.74, 6) is -0.966. The fraction of sp³-hybridized carbons (Fsp3) is 0.100. The van der Waals surface area contributed by atoms with Crippen LogP contribution in [0.5, 0.6) is 0 Å². The molecule has 0 aliphatic rings. The van der Waals surface area contributed by atoms with Gasteiger partial charge >= 0.3 is 11.7 Å². The molecule has 140 valence electrons. The molecule has 2 heterocycles. The van der Waals surface area contributed by atoms with Crippen molar-refractivity contribution < 1.29 is 9.90 Å². The maximum absolute atomic E-state index is 12.6.